The Morgan fingerprint density at radius 2 is 1.62 bits per heavy atom. The van der Waals surface area contributed by atoms with Crippen LogP contribution in [0, 0.1) is 0 Å². The highest BCUT2D eigenvalue weighted by molar-refractivity contribution is 5.87. The van der Waals surface area contributed by atoms with Crippen molar-refractivity contribution in [1.29, 1.82) is 0 Å². The van der Waals surface area contributed by atoms with Gasteiger partial charge in [-0.05, 0) is 37.6 Å². The fourth-order valence-corrected chi connectivity index (χ4v) is 2.57. The van der Waals surface area contributed by atoms with Crippen molar-refractivity contribution in [3.05, 3.63) is 29.8 Å². The second-order valence-electron chi connectivity index (χ2n) is 6.27. The number of hydrogen-bond donors (Lipinski definition) is 1. The molecule has 0 amide bonds. The number of carbonyl (C=O) groups is 1. The monoisotopic (exact) mass is 336 g/mol. The van der Waals surface area contributed by atoms with E-state index < -0.39 is 5.97 Å². The maximum Gasteiger partial charge on any atom is 0.335 e. The van der Waals surface area contributed by atoms with Gasteiger partial charge in [0.1, 0.15) is 12.4 Å². The molecule has 1 N–H and O–H groups in total. The summed E-state index contributed by atoms with van der Waals surface area (Å²) in [7, 11) is 0. The molecular weight excluding hydrogens is 304 g/mol. The van der Waals surface area contributed by atoms with Gasteiger partial charge in [0, 0.05) is 0 Å². The second kappa shape index (κ2) is 12.8. The molecule has 0 aliphatic heterocycles. The first-order valence-corrected chi connectivity index (χ1v) is 9.21. The first-order chi connectivity index (χ1) is 11.6. The van der Waals surface area contributed by atoms with E-state index >= 15 is 0 Å². The van der Waals surface area contributed by atoms with E-state index in [1.165, 1.54) is 44.9 Å². The molecular formula is C20H32O4. The normalized spacial score (nSPS) is 12.1. The zero-order chi connectivity index (χ0) is 17.6. The Hall–Kier alpha value is -1.55. The first kappa shape index (κ1) is 20.5. The Kier molecular flexibility index (Phi) is 10.9. The van der Waals surface area contributed by atoms with Crippen LogP contribution in [-0.4, -0.2) is 30.4 Å². The maximum absolute atomic E-state index is 10.8. The van der Waals surface area contributed by atoms with Gasteiger partial charge in [-0.1, -0.05) is 51.9 Å². The molecule has 1 rings (SSSR count). The molecule has 0 radical (unpaired) electrons. The molecule has 0 bridgehead atoms. The van der Waals surface area contributed by atoms with Crippen LogP contribution in [-0.2, 0) is 4.74 Å². The van der Waals surface area contributed by atoms with E-state index in [2.05, 4.69) is 13.8 Å². The summed E-state index contributed by atoms with van der Waals surface area (Å²) in [5, 5.41) is 8.83. The summed E-state index contributed by atoms with van der Waals surface area (Å²) in [5.41, 5.74) is 0.266. The van der Waals surface area contributed by atoms with Gasteiger partial charge >= 0.3 is 5.97 Å². The summed E-state index contributed by atoms with van der Waals surface area (Å²) < 4.78 is 11.3. The summed E-state index contributed by atoms with van der Waals surface area (Å²) in [6, 6.07) is 6.43. The molecule has 0 saturated heterocycles. The highest BCUT2D eigenvalue weighted by Crippen LogP contribution is 2.13. The quantitative estimate of drug-likeness (QED) is 0.468. The van der Waals surface area contributed by atoms with Gasteiger partial charge in [-0.2, -0.15) is 0 Å². The maximum atomic E-state index is 10.8. The van der Waals surface area contributed by atoms with Crippen molar-refractivity contribution < 1.29 is 19.4 Å². The summed E-state index contributed by atoms with van der Waals surface area (Å²) in [5.74, 6) is -0.257. The van der Waals surface area contributed by atoms with E-state index in [1.807, 2.05) is 0 Å². The third-order valence-corrected chi connectivity index (χ3v) is 4.07. The number of ether oxygens (including phenoxy) is 2. The standard InChI is InChI=1S/C20H32O4/c1-3-4-5-6-7-8-9-10-17(2)23-15-16-24-19-13-11-18(12-14-19)20(21)22/h11-14,17H,3-10,15-16H2,1-2H3,(H,21,22). The average molecular weight is 336 g/mol. The van der Waals surface area contributed by atoms with Gasteiger partial charge in [0.2, 0.25) is 0 Å². The molecule has 1 unspecified atom stereocenters. The van der Waals surface area contributed by atoms with Gasteiger partial charge in [0.05, 0.1) is 18.3 Å². The van der Waals surface area contributed by atoms with Gasteiger partial charge < -0.3 is 14.6 Å². The van der Waals surface area contributed by atoms with Crippen LogP contribution in [0.5, 0.6) is 5.75 Å². The molecule has 0 heterocycles. The van der Waals surface area contributed by atoms with Crippen LogP contribution >= 0.6 is 0 Å². The lowest BCUT2D eigenvalue weighted by Crippen LogP contribution is -2.14. The van der Waals surface area contributed by atoms with Gasteiger partial charge in [-0.3, -0.25) is 0 Å². The number of rotatable bonds is 14. The Bertz CT molecular complexity index is 441. The lowest BCUT2D eigenvalue weighted by Gasteiger charge is -2.13. The molecule has 1 aromatic rings. The van der Waals surface area contributed by atoms with Crippen LogP contribution in [0.3, 0.4) is 0 Å². The summed E-state index contributed by atoms with van der Waals surface area (Å²) in [4.78, 5) is 10.8. The Morgan fingerprint density at radius 3 is 2.25 bits per heavy atom. The molecule has 4 nitrogen and oxygen atoms in total. The third kappa shape index (κ3) is 9.56. The minimum atomic E-state index is -0.927. The highest BCUT2D eigenvalue weighted by Gasteiger charge is 2.04. The first-order valence-electron chi connectivity index (χ1n) is 9.21. The molecule has 24 heavy (non-hydrogen) atoms. The van der Waals surface area contributed by atoms with Gasteiger partial charge in [0.25, 0.3) is 0 Å². The van der Waals surface area contributed by atoms with Crippen LogP contribution in [0.2, 0.25) is 0 Å². The van der Waals surface area contributed by atoms with Crippen molar-refractivity contribution >= 4 is 5.97 Å². The molecule has 1 atom stereocenters. The molecule has 4 heteroatoms. The van der Waals surface area contributed by atoms with Crippen molar-refractivity contribution in [1.82, 2.24) is 0 Å². The molecule has 1 aromatic carbocycles. The van der Waals surface area contributed by atoms with Crippen LogP contribution in [0.15, 0.2) is 24.3 Å². The number of benzene rings is 1. The topological polar surface area (TPSA) is 55.8 Å². The van der Waals surface area contributed by atoms with Gasteiger partial charge in [0.15, 0.2) is 0 Å². The highest BCUT2D eigenvalue weighted by atomic mass is 16.5. The van der Waals surface area contributed by atoms with Crippen molar-refractivity contribution in [3.8, 4) is 5.75 Å². The summed E-state index contributed by atoms with van der Waals surface area (Å²) in [6.07, 6.45) is 10.6. The Morgan fingerprint density at radius 1 is 1.00 bits per heavy atom. The number of carboxylic acid groups (broad SMARTS) is 1. The number of carboxylic acids is 1. The van der Waals surface area contributed by atoms with Crippen LogP contribution in [0.1, 0.15) is 75.6 Å². The predicted octanol–water partition coefficient (Wildman–Crippen LogP) is 5.31. The summed E-state index contributed by atoms with van der Waals surface area (Å²) >= 11 is 0. The van der Waals surface area contributed by atoms with E-state index in [9.17, 15) is 4.79 Å². The lowest BCUT2D eigenvalue weighted by molar-refractivity contribution is 0.0384. The van der Waals surface area contributed by atoms with E-state index in [4.69, 9.17) is 14.6 Å². The molecule has 0 aliphatic carbocycles. The molecule has 136 valence electrons. The molecule has 0 aliphatic rings. The van der Waals surface area contributed by atoms with E-state index in [-0.39, 0.29) is 11.7 Å². The average Bonchev–Trinajstić information content (AvgIpc) is 2.58. The van der Waals surface area contributed by atoms with E-state index in [0.29, 0.717) is 19.0 Å². The van der Waals surface area contributed by atoms with Gasteiger partial charge in [-0.25, -0.2) is 4.79 Å². The minimum Gasteiger partial charge on any atom is -0.491 e. The molecule has 0 aromatic heterocycles. The fraction of sp³-hybridized carbons (Fsp3) is 0.650. The smallest absolute Gasteiger partial charge is 0.335 e. The van der Waals surface area contributed by atoms with Crippen LogP contribution in [0.25, 0.3) is 0 Å². The fourth-order valence-electron chi connectivity index (χ4n) is 2.57. The lowest BCUT2D eigenvalue weighted by atomic mass is 10.1. The minimum absolute atomic E-state index is 0.263. The van der Waals surface area contributed by atoms with E-state index in [0.717, 1.165) is 6.42 Å². The number of aromatic carboxylic acids is 1. The Labute approximate surface area is 146 Å². The SMILES string of the molecule is CCCCCCCCCC(C)OCCOc1ccc(C(=O)O)cc1. The largest absolute Gasteiger partial charge is 0.491 e. The number of hydrogen-bond acceptors (Lipinski definition) is 3. The van der Waals surface area contributed by atoms with Crippen LogP contribution < -0.4 is 4.74 Å². The second-order valence-corrected chi connectivity index (χ2v) is 6.27. The zero-order valence-electron chi connectivity index (χ0n) is 15.1. The molecule has 0 fully saturated rings. The van der Waals surface area contributed by atoms with Crippen molar-refractivity contribution in [3.63, 3.8) is 0 Å². The summed E-state index contributed by atoms with van der Waals surface area (Å²) in [6.45, 7) is 5.39. The van der Waals surface area contributed by atoms with Crippen molar-refractivity contribution in [2.75, 3.05) is 13.2 Å². The van der Waals surface area contributed by atoms with Crippen molar-refractivity contribution in [2.24, 2.45) is 0 Å². The van der Waals surface area contributed by atoms with Gasteiger partial charge in [-0.15, -0.1) is 0 Å². The van der Waals surface area contributed by atoms with Crippen molar-refractivity contribution in [2.45, 2.75) is 71.3 Å². The molecule has 0 saturated carbocycles. The van der Waals surface area contributed by atoms with Crippen LogP contribution in [0.4, 0.5) is 0 Å². The third-order valence-electron chi connectivity index (χ3n) is 4.07. The molecule has 0 spiro atoms. The number of unbranched alkanes of at least 4 members (excludes halogenated alkanes) is 6. The zero-order valence-corrected chi connectivity index (χ0v) is 15.1. The predicted molar refractivity (Wildman–Crippen MR) is 96.9 cm³/mol. The Balaban J connectivity index is 2.01. The van der Waals surface area contributed by atoms with E-state index in [1.54, 1.807) is 24.3 Å².